The van der Waals surface area contributed by atoms with Crippen molar-refractivity contribution < 1.29 is 4.79 Å². The van der Waals surface area contributed by atoms with Gasteiger partial charge in [0, 0.05) is 24.2 Å². The highest BCUT2D eigenvalue weighted by atomic mass is 16.2. The van der Waals surface area contributed by atoms with E-state index in [1.807, 2.05) is 56.3 Å². The molecule has 0 saturated carbocycles. The quantitative estimate of drug-likeness (QED) is 0.716. The Hall–Kier alpha value is -3.15. The molecule has 30 heavy (non-hydrogen) atoms. The lowest BCUT2D eigenvalue weighted by atomic mass is 9.99. The van der Waals surface area contributed by atoms with Gasteiger partial charge in [0.1, 0.15) is 12.4 Å². The standard InChI is InChI=1S/C24H28N4O2/c1-16-10-12-27(13-11-16)23-19-6-4-5-7-21(19)28(24(30)26-23)15-22(29)25-20-14-17(2)8-9-18(20)3/h4-9,14,16H,10-13,15H2,1-3H3,(H,25,29). The number of amides is 1. The molecule has 1 N–H and O–H groups in total. The number of hydrogen-bond acceptors (Lipinski definition) is 4. The molecule has 0 radical (unpaired) electrons. The second-order valence-corrected chi connectivity index (χ2v) is 8.36. The van der Waals surface area contributed by atoms with Gasteiger partial charge in [0.05, 0.1) is 5.52 Å². The van der Waals surface area contributed by atoms with Gasteiger partial charge in [-0.2, -0.15) is 4.98 Å². The van der Waals surface area contributed by atoms with Gasteiger partial charge in [0.2, 0.25) is 5.91 Å². The van der Waals surface area contributed by atoms with Crippen molar-refractivity contribution in [2.75, 3.05) is 23.3 Å². The normalized spacial score (nSPS) is 14.8. The fourth-order valence-corrected chi connectivity index (χ4v) is 4.03. The van der Waals surface area contributed by atoms with Gasteiger partial charge in [-0.25, -0.2) is 4.79 Å². The second kappa shape index (κ2) is 8.30. The molecule has 2 aromatic carbocycles. The molecule has 3 aromatic rings. The van der Waals surface area contributed by atoms with Crippen molar-refractivity contribution in [2.45, 2.75) is 40.2 Å². The largest absolute Gasteiger partial charge is 0.356 e. The van der Waals surface area contributed by atoms with Crippen LogP contribution < -0.4 is 15.9 Å². The maximum atomic E-state index is 12.9. The van der Waals surface area contributed by atoms with Crippen LogP contribution in [0.2, 0.25) is 0 Å². The number of nitrogens with one attached hydrogen (secondary N) is 1. The lowest BCUT2D eigenvalue weighted by molar-refractivity contribution is -0.116. The number of rotatable bonds is 4. The summed E-state index contributed by atoms with van der Waals surface area (Å²) < 4.78 is 1.46. The predicted molar refractivity (Wildman–Crippen MR) is 121 cm³/mol. The molecule has 0 spiro atoms. The van der Waals surface area contributed by atoms with Crippen molar-refractivity contribution in [3.8, 4) is 0 Å². The minimum absolute atomic E-state index is 0.0724. The number of aryl methyl sites for hydroxylation is 2. The summed E-state index contributed by atoms with van der Waals surface area (Å²) in [6, 6.07) is 13.6. The van der Waals surface area contributed by atoms with Gasteiger partial charge in [-0.15, -0.1) is 0 Å². The number of fused-ring (bicyclic) bond motifs is 1. The first kappa shape index (κ1) is 20.1. The highest BCUT2D eigenvalue weighted by molar-refractivity contribution is 5.94. The molecular weight excluding hydrogens is 376 g/mol. The Bertz CT molecular complexity index is 1140. The monoisotopic (exact) mass is 404 g/mol. The van der Waals surface area contributed by atoms with Gasteiger partial charge >= 0.3 is 5.69 Å². The van der Waals surface area contributed by atoms with Crippen LogP contribution in [0.15, 0.2) is 47.3 Å². The van der Waals surface area contributed by atoms with Crippen molar-refractivity contribution in [1.82, 2.24) is 9.55 Å². The predicted octanol–water partition coefficient (Wildman–Crippen LogP) is 3.89. The highest BCUT2D eigenvalue weighted by Crippen LogP contribution is 2.27. The molecule has 1 aromatic heterocycles. The van der Waals surface area contributed by atoms with E-state index in [1.54, 1.807) is 0 Å². The molecule has 6 heteroatoms. The summed E-state index contributed by atoms with van der Waals surface area (Å²) in [5.41, 5.74) is 3.17. The molecular formula is C24H28N4O2. The Labute approximate surface area is 176 Å². The first-order chi connectivity index (χ1) is 14.4. The van der Waals surface area contributed by atoms with Gasteiger partial charge in [-0.1, -0.05) is 31.2 Å². The van der Waals surface area contributed by atoms with Crippen molar-refractivity contribution in [1.29, 1.82) is 0 Å². The van der Waals surface area contributed by atoms with E-state index in [0.717, 1.165) is 59.5 Å². The van der Waals surface area contributed by atoms with Gasteiger partial charge < -0.3 is 10.2 Å². The Morgan fingerprint density at radius 2 is 1.87 bits per heavy atom. The van der Waals surface area contributed by atoms with E-state index in [4.69, 9.17) is 0 Å². The lowest BCUT2D eigenvalue weighted by Gasteiger charge is -2.32. The molecule has 0 atom stereocenters. The molecule has 1 aliphatic heterocycles. The van der Waals surface area contributed by atoms with Crippen LogP contribution in [0.1, 0.15) is 30.9 Å². The highest BCUT2D eigenvalue weighted by Gasteiger charge is 2.21. The third kappa shape index (κ3) is 4.08. The summed E-state index contributed by atoms with van der Waals surface area (Å²) in [6.07, 6.45) is 2.19. The van der Waals surface area contributed by atoms with Crippen LogP contribution in [0, 0.1) is 19.8 Å². The zero-order valence-corrected chi connectivity index (χ0v) is 17.8. The number of carbonyl (C=O) groups excluding carboxylic acids is 1. The molecule has 6 nitrogen and oxygen atoms in total. The van der Waals surface area contributed by atoms with Crippen LogP contribution in [0.4, 0.5) is 11.5 Å². The lowest BCUT2D eigenvalue weighted by Crippen LogP contribution is -2.37. The molecule has 0 bridgehead atoms. The zero-order chi connectivity index (χ0) is 21.3. The van der Waals surface area contributed by atoms with E-state index >= 15 is 0 Å². The van der Waals surface area contributed by atoms with Gasteiger partial charge in [0.15, 0.2) is 0 Å². The van der Waals surface area contributed by atoms with E-state index in [9.17, 15) is 9.59 Å². The van der Waals surface area contributed by atoms with Crippen LogP contribution in [0.3, 0.4) is 0 Å². The Morgan fingerprint density at radius 1 is 1.13 bits per heavy atom. The Kier molecular flexibility index (Phi) is 5.57. The van der Waals surface area contributed by atoms with Crippen molar-refractivity contribution in [3.63, 3.8) is 0 Å². The summed E-state index contributed by atoms with van der Waals surface area (Å²) in [4.78, 5) is 32.3. The molecule has 1 amide bonds. The van der Waals surface area contributed by atoms with E-state index in [2.05, 4.69) is 22.1 Å². The topological polar surface area (TPSA) is 67.2 Å². The van der Waals surface area contributed by atoms with E-state index in [1.165, 1.54) is 4.57 Å². The van der Waals surface area contributed by atoms with Gasteiger partial charge in [0.25, 0.3) is 0 Å². The average Bonchev–Trinajstić information content (AvgIpc) is 2.73. The second-order valence-electron chi connectivity index (χ2n) is 8.36. The van der Waals surface area contributed by atoms with E-state index in [0.29, 0.717) is 5.92 Å². The summed E-state index contributed by atoms with van der Waals surface area (Å²) in [6.45, 7) is 7.92. The van der Waals surface area contributed by atoms with Gasteiger partial charge in [-0.05, 0) is 61.9 Å². The number of nitrogens with zero attached hydrogens (tertiary/aromatic N) is 3. The minimum atomic E-state index is -0.390. The van der Waals surface area contributed by atoms with Crippen LogP contribution in [-0.2, 0) is 11.3 Å². The molecule has 2 heterocycles. The average molecular weight is 405 g/mol. The third-order valence-electron chi connectivity index (χ3n) is 5.92. The molecule has 1 aliphatic rings. The summed E-state index contributed by atoms with van der Waals surface area (Å²) in [5, 5.41) is 3.85. The summed E-state index contributed by atoms with van der Waals surface area (Å²) >= 11 is 0. The Morgan fingerprint density at radius 3 is 2.63 bits per heavy atom. The minimum Gasteiger partial charge on any atom is -0.356 e. The fourth-order valence-electron chi connectivity index (χ4n) is 4.03. The first-order valence-electron chi connectivity index (χ1n) is 10.5. The summed E-state index contributed by atoms with van der Waals surface area (Å²) in [5.74, 6) is 1.19. The number of aromatic nitrogens is 2. The number of carbonyl (C=O) groups is 1. The number of hydrogen-bond donors (Lipinski definition) is 1. The Balaban J connectivity index is 1.66. The first-order valence-corrected chi connectivity index (χ1v) is 10.5. The maximum absolute atomic E-state index is 12.9. The molecule has 156 valence electrons. The SMILES string of the molecule is Cc1ccc(C)c(NC(=O)Cn2c(=O)nc(N3CCC(C)CC3)c3ccccc32)c1. The van der Waals surface area contributed by atoms with Gasteiger partial charge in [-0.3, -0.25) is 9.36 Å². The fraction of sp³-hybridized carbons (Fsp3) is 0.375. The molecule has 0 aliphatic carbocycles. The smallest absolute Gasteiger partial charge is 0.350 e. The van der Waals surface area contributed by atoms with Crippen molar-refractivity contribution in [3.05, 3.63) is 64.1 Å². The number of para-hydroxylation sites is 1. The maximum Gasteiger partial charge on any atom is 0.350 e. The zero-order valence-electron chi connectivity index (χ0n) is 17.8. The number of benzene rings is 2. The molecule has 0 unspecified atom stereocenters. The van der Waals surface area contributed by atoms with E-state index in [-0.39, 0.29) is 12.5 Å². The van der Waals surface area contributed by atoms with Crippen LogP contribution in [0.5, 0.6) is 0 Å². The van der Waals surface area contributed by atoms with E-state index < -0.39 is 5.69 Å². The summed E-state index contributed by atoms with van der Waals surface area (Å²) in [7, 11) is 0. The van der Waals surface area contributed by atoms with Crippen molar-refractivity contribution in [2.24, 2.45) is 5.92 Å². The van der Waals surface area contributed by atoms with Crippen LogP contribution in [0.25, 0.3) is 10.9 Å². The third-order valence-corrected chi connectivity index (χ3v) is 5.92. The molecule has 1 fully saturated rings. The van der Waals surface area contributed by atoms with Crippen molar-refractivity contribution >= 4 is 28.3 Å². The van der Waals surface area contributed by atoms with Crippen LogP contribution in [-0.4, -0.2) is 28.5 Å². The number of piperidine rings is 1. The molecule has 4 rings (SSSR count). The molecule has 1 saturated heterocycles. The number of anilines is 2. The van der Waals surface area contributed by atoms with Crippen LogP contribution >= 0.6 is 0 Å².